The Hall–Kier alpha value is -3.70. The molecule has 0 aliphatic carbocycles. The monoisotopic (exact) mass is 464 g/mol. The largest absolute Gasteiger partial charge is 0.508 e. The lowest BCUT2D eigenvalue weighted by Gasteiger charge is -2.51. The molecule has 3 aliphatic rings. The molecule has 0 radical (unpaired) electrons. The normalized spacial score (nSPS) is 24.3. The summed E-state index contributed by atoms with van der Waals surface area (Å²) in [5.74, 6) is 0.832. The Morgan fingerprint density at radius 2 is 1.97 bits per heavy atom. The summed E-state index contributed by atoms with van der Waals surface area (Å²) in [6.07, 6.45) is 5.42. The Kier molecular flexibility index (Phi) is 5.50. The number of phenols is 1. The average Bonchev–Trinajstić information content (AvgIpc) is 2.91. The highest BCUT2D eigenvalue weighted by Crippen LogP contribution is 2.44. The number of aromatic hydroxyl groups is 1. The fourth-order valence-corrected chi connectivity index (χ4v) is 6.03. The minimum absolute atomic E-state index is 0.0526. The number of piperidine rings is 3. The third kappa shape index (κ3) is 3.86. The molecule has 35 heavy (non-hydrogen) atoms. The number of phenolic OH excluding ortho intramolecular Hbond substituents is 1. The third-order valence-electron chi connectivity index (χ3n) is 7.81. The lowest BCUT2D eigenvalue weighted by molar-refractivity contribution is -0.0567. The van der Waals surface area contributed by atoms with Crippen molar-refractivity contribution < 1.29 is 14.6 Å². The number of carbonyl (C=O) groups excluding carboxylic acids is 1. The molecule has 0 spiro atoms. The van der Waals surface area contributed by atoms with E-state index in [9.17, 15) is 9.90 Å². The van der Waals surface area contributed by atoms with Crippen LogP contribution in [-0.4, -0.2) is 40.1 Å². The number of esters is 1. The minimum atomic E-state index is -0.484. The van der Waals surface area contributed by atoms with Crippen molar-refractivity contribution >= 4 is 27.6 Å². The second-order valence-corrected chi connectivity index (χ2v) is 9.70. The predicted molar refractivity (Wildman–Crippen MR) is 137 cm³/mol. The highest BCUT2D eigenvalue weighted by atomic mass is 16.5. The maximum absolute atomic E-state index is 13.7. The smallest absolute Gasteiger partial charge is 0.339 e. The standard InChI is InChI=1S/C30H28N2O3/c1-2-19-18-32-15-13-21(19)16-28(32)29(24-12-14-31-27-11-10-22(33)17-26(24)27)35-30(34)25-9-5-7-20-6-3-4-8-23(20)25/h2-12,14,17,19,21,28-29,33H,1,13,15-16,18H2/t19?,21?,28?,29-/m0/s1. The molecular weight excluding hydrogens is 436 g/mol. The Morgan fingerprint density at radius 1 is 1.11 bits per heavy atom. The van der Waals surface area contributed by atoms with Crippen LogP contribution < -0.4 is 0 Å². The number of fused-ring (bicyclic) bond motifs is 5. The molecular formula is C30H28N2O3. The van der Waals surface area contributed by atoms with Gasteiger partial charge in [0.15, 0.2) is 0 Å². The summed E-state index contributed by atoms with van der Waals surface area (Å²) in [7, 11) is 0. The molecule has 0 amide bonds. The number of rotatable bonds is 5. The molecule has 176 valence electrons. The molecule has 5 nitrogen and oxygen atoms in total. The number of benzene rings is 3. The fraction of sp³-hybridized carbons (Fsp3) is 0.267. The van der Waals surface area contributed by atoms with Gasteiger partial charge >= 0.3 is 5.97 Å². The van der Waals surface area contributed by atoms with Crippen LogP contribution in [-0.2, 0) is 4.74 Å². The van der Waals surface area contributed by atoms with Gasteiger partial charge in [-0.25, -0.2) is 4.79 Å². The summed E-state index contributed by atoms with van der Waals surface area (Å²) in [6, 6.07) is 20.8. The second-order valence-electron chi connectivity index (χ2n) is 9.70. The molecule has 5 atom stereocenters. The molecule has 3 aromatic carbocycles. The van der Waals surface area contributed by atoms with Gasteiger partial charge in [0, 0.05) is 23.7 Å². The number of nitrogens with zero attached hydrogens (tertiary/aromatic N) is 2. The van der Waals surface area contributed by atoms with Crippen LogP contribution in [0.3, 0.4) is 0 Å². The van der Waals surface area contributed by atoms with Crippen LogP contribution in [0.15, 0.2) is 85.6 Å². The number of aromatic nitrogens is 1. The van der Waals surface area contributed by atoms with Gasteiger partial charge in [0.25, 0.3) is 0 Å². The van der Waals surface area contributed by atoms with E-state index in [1.807, 2.05) is 48.5 Å². The van der Waals surface area contributed by atoms with Gasteiger partial charge < -0.3 is 9.84 Å². The van der Waals surface area contributed by atoms with Crippen molar-refractivity contribution in [1.29, 1.82) is 0 Å². The van der Waals surface area contributed by atoms with Gasteiger partial charge in [-0.1, -0.05) is 42.5 Å². The van der Waals surface area contributed by atoms with Gasteiger partial charge in [-0.3, -0.25) is 9.88 Å². The van der Waals surface area contributed by atoms with Crippen molar-refractivity contribution in [2.45, 2.75) is 25.0 Å². The zero-order valence-electron chi connectivity index (χ0n) is 19.5. The number of carbonyl (C=O) groups is 1. The molecule has 3 saturated heterocycles. The molecule has 4 unspecified atom stereocenters. The van der Waals surface area contributed by atoms with Gasteiger partial charge in [0.2, 0.25) is 0 Å². The Balaban J connectivity index is 1.44. The van der Waals surface area contributed by atoms with Crippen LogP contribution in [0.5, 0.6) is 5.75 Å². The summed E-state index contributed by atoms with van der Waals surface area (Å²) in [5, 5.41) is 12.9. The molecule has 7 rings (SSSR count). The number of ether oxygens (including phenoxy) is 1. The molecule has 1 aromatic heterocycles. The summed E-state index contributed by atoms with van der Waals surface area (Å²) >= 11 is 0. The Labute approximate surface area is 204 Å². The number of pyridine rings is 1. The molecule has 5 heteroatoms. The van der Waals surface area contributed by atoms with Crippen molar-refractivity contribution in [2.24, 2.45) is 11.8 Å². The zero-order valence-corrected chi connectivity index (χ0v) is 19.5. The maximum atomic E-state index is 13.7. The minimum Gasteiger partial charge on any atom is -0.508 e. The van der Waals surface area contributed by atoms with E-state index >= 15 is 0 Å². The molecule has 4 aromatic rings. The Bertz CT molecular complexity index is 1430. The summed E-state index contributed by atoms with van der Waals surface area (Å²) in [6.45, 7) is 5.96. The van der Waals surface area contributed by atoms with Crippen molar-refractivity contribution in [3.8, 4) is 5.75 Å². The lowest BCUT2D eigenvalue weighted by Crippen LogP contribution is -2.55. The van der Waals surface area contributed by atoms with E-state index in [-0.39, 0.29) is 17.8 Å². The molecule has 2 bridgehead atoms. The SMILES string of the molecule is C=CC1CN2CCC1CC2[C@@H](OC(=O)c1cccc2ccccc12)c1ccnc2ccc(O)cc12. The van der Waals surface area contributed by atoms with E-state index in [2.05, 4.69) is 22.5 Å². The highest BCUT2D eigenvalue weighted by Gasteiger charge is 2.44. The number of hydrogen-bond donors (Lipinski definition) is 1. The fourth-order valence-electron chi connectivity index (χ4n) is 6.03. The molecule has 0 saturated carbocycles. The van der Waals surface area contributed by atoms with Gasteiger partial charge in [-0.05, 0) is 72.3 Å². The first-order chi connectivity index (χ1) is 17.1. The second kappa shape index (κ2) is 8.82. The van der Waals surface area contributed by atoms with Crippen molar-refractivity contribution in [3.63, 3.8) is 0 Å². The molecule has 4 heterocycles. The van der Waals surface area contributed by atoms with Gasteiger partial charge in [0.1, 0.15) is 11.9 Å². The molecule has 3 aliphatic heterocycles. The maximum Gasteiger partial charge on any atom is 0.339 e. The molecule has 3 fully saturated rings. The first-order valence-corrected chi connectivity index (χ1v) is 12.3. The zero-order chi connectivity index (χ0) is 23.9. The van der Waals surface area contributed by atoms with E-state index in [0.29, 0.717) is 17.4 Å². The number of hydrogen-bond acceptors (Lipinski definition) is 5. The van der Waals surface area contributed by atoms with E-state index < -0.39 is 6.10 Å². The first kappa shape index (κ1) is 21.8. The average molecular weight is 465 g/mol. The Morgan fingerprint density at radius 3 is 2.80 bits per heavy atom. The van der Waals surface area contributed by atoms with Crippen molar-refractivity contribution in [1.82, 2.24) is 9.88 Å². The summed E-state index contributed by atoms with van der Waals surface area (Å²) in [5.41, 5.74) is 2.22. The lowest BCUT2D eigenvalue weighted by atomic mass is 9.73. The summed E-state index contributed by atoms with van der Waals surface area (Å²) < 4.78 is 6.42. The summed E-state index contributed by atoms with van der Waals surface area (Å²) in [4.78, 5) is 20.6. The van der Waals surface area contributed by atoms with E-state index in [1.165, 1.54) is 0 Å². The van der Waals surface area contributed by atoms with Gasteiger partial charge in [-0.2, -0.15) is 0 Å². The van der Waals surface area contributed by atoms with Crippen LogP contribution in [0.2, 0.25) is 0 Å². The van der Waals surface area contributed by atoms with E-state index in [0.717, 1.165) is 53.2 Å². The topological polar surface area (TPSA) is 62.7 Å². The van der Waals surface area contributed by atoms with Gasteiger partial charge in [-0.15, -0.1) is 6.58 Å². The van der Waals surface area contributed by atoms with Crippen LogP contribution in [0, 0.1) is 11.8 Å². The van der Waals surface area contributed by atoms with E-state index in [4.69, 9.17) is 4.74 Å². The van der Waals surface area contributed by atoms with Crippen LogP contribution >= 0.6 is 0 Å². The predicted octanol–water partition coefficient (Wildman–Crippen LogP) is 5.89. The van der Waals surface area contributed by atoms with Crippen LogP contribution in [0.1, 0.15) is 34.9 Å². The first-order valence-electron chi connectivity index (χ1n) is 12.3. The van der Waals surface area contributed by atoms with Crippen molar-refractivity contribution in [2.75, 3.05) is 13.1 Å². The van der Waals surface area contributed by atoms with Crippen LogP contribution in [0.25, 0.3) is 21.7 Å². The van der Waals surface area contributed by atoms with E-state index in [1.54, 1.807) is 24.4 Å². The quantitative estimate of drug-likeness (QED) is 0.295. The van der Waals surface area contributed by atoms with Gasteiger partial charge in [0.05, 0.1) is 17.1 Å². The third-order valence-corrected chi connectivity index (χ3v) is 7.81. The van der Waals surface area contributed by atoms with Crippen LogP contribution in [0.4, 0.5) is 0 Å². The van der Waals surface area contributed by atoms with Crippen molar-refractivity contribution in [3.05, 3.63) is 96.7 Å². The highest BCUT2D eigenvalue weighted by molar-refractivity contribution is 6.04. The molecule has 1 N–H and O–H groups in total.